The second-order valence-electron chi connectivity index (χ2n) is 10.8. The smallest absolute Gasteiger partial charge is 0.0949 e. The van der Waals surface area contributed by atoms with Gasteiger partial charge in [-0.2, -0.15) is 0 Å². The van der Waals surface area contributed by atoms with E-state index in [1.165, 1.54) is 73.3 Å². The molecule has 4 nitrogen and oxygen atoms in total. The van der Waals surface area contributed by atoms with Gasteiger partial charge < -0.3 is 14.4 Å². The summed E-state index contributed by atoms with van der Waals surface area (Å²) in [7, 11) is 0. The molecule has 0 atom stereocenters. The minimum absolute atomic E-state index is 0.504. The van der Waals surface area contributed by atoms with Gasteiger partial charge in [0, 0.05) is 43.6 Å². The van der Waals surface area contributed by atoms with Crippen LogP contribution in [0, 0.1) is 5.92 Å². The van der Waals surface area contributed by atoms with Crippen molar-refractivity contribution in [2.24, 2.45) is 5.92 Å². The van der Waals surface area contributed by atoms with Crippen molar-refractivity contribution < 1.29 is 0 Å². The molecule has 1 fully saturated rings. The van der Waals surface area contributed by atoms with Gasteiger partial charge in [-0.05, 0) is 79.6 Å². The lowest BCUT2D eigenvalue weighted by molar-refractivity contribution is 0.174. The Labute approximate surface area is 221 Å². The third-order valence-corrected chi connectivity index (χ3v) is 8.38. The minimum atomic E-state index is 0.504. The highest BCUT2D eigenvalue weighted by molar-refractivity contribution is 5.59. The Hall–Kier alpha value is -3.37. The van der Waals surface area contributed by atoms with Crippen LogP contribution in [0.15, 0.2) is 97.6 Å². The first-order chi connectivity index (χ1) is 18.3. The molecule has 190 valence electrons. The topological polar surface area (TPSA) is 24.3 Å². The van der Waals surface area contributed by atoms with Crippen LogP contribution in [0.5, 0.6) is 0 Å². The molecule has 0 radical (unpaired) electrons. The maximum Gasteiger partial charge on any atom is 0.0949 e. The number of nitrogens with zero attached hydrogens (tertiary/aromatic N) is 4. The monoisotopic (exact) mass is 490 g/mol. The largest absolute Gasteiger partial charge is 0.371 e. The molecular formula is C33H38N4. The van der Waals surface area contributed by atoms with E-state index in [-0.39, 0.29) is 0 Å². The highest BCUT2D eigenvalue weighted by Crippen LogP contribution is 2.38. The summed E-state index contributed by atoms with van der Waals surface area (Å²) in [6.07, 6.45) is 10.7. The predicted molar refractivity (Wildman–Crippen MR) is 152 cm³/mol. The van der Waals surface area contributed by atoms with Gasteiger partial charge in [-0.1, -0.05) is 72.8 Å². The SMILES string of the molecule is c1ccc(C(c2ccccc2)C2CCN(CCCN3CCc4cc(Cn5ccnc5)ccc43)CC2)cc1. The fraction of sp³-hybridized carbons (Fsp3) is 0.364. The van der Waals surface area contributed by atoms with Gasteiger partial charge in [0.15, 0.2) is 0 Å². The van der Waals surface area contributed by atoms with Gasteiger partial charge in [-0.3, -0.25) is 0 Å². The van der Waals surface area contributed by atoms with Crippen LogP contribution in [0.1, 0.15) is 47.4 Å². The quantitative estimate of drug-likeness (QED) is 0.278. The Morgan fingerprint density at radius 2 is 1.54 bits per heavy atom. The molecule has 6 rings (SSSR count). The molecule has 0 aliphatic carbocycles. The number of piperidine rings is 1. The average Bonchev–Trinajstić information content (AvgIpc) is 3.61. The van der Waals surface area contributed by atoms with Crippen molar-refractivity contribution in [1.82, 2.24) is 14.5 Å². The zero-order valence-corrected chi connectivity index (χ0v) is 21.8. The lowest BCUT2D eigenvalue weighted by atomic mass is 9.76. The van der Waals surface area contributed by atoms with Gasteiger partial charge in [0.25, 0.3) is 0 Å². The molecule has 0 spiro atoms. The fourth-order valence-electron chi connectivity index (χ4n) is 6.50. The number of benzene rings is 3. The lowest BCUT2D eigenvalue weighted by Crippen LogP contribution is -2.37. The van der Waals surface area contributed by atoms with Crippen LogP contribution in [0.2, 0.25) is 0 Å². The maximum atomic E-state index is 4.17. The van der Waals surface area contributed by atoms with Crippen molar-refractivity contribution in [2.75, 3.05) is 37.6 Å². The van der Waals surface area contributed by atoms with Gasteiger partial charge in [0.2, 0.25) is 0 Å². The Kier molecular flexibility index (Phi) is 7.36. The molecule has 2 aliphatic heterocycles. The van der Waals surface area contributed by atoms with Crippen LogP contribution in [-0.4, -0.2) is 47.2 Å². The summed E-state index contributed by atoms with van der Waals surface area (Å²) in [5, 5.41) is 0. The van der Waals surface area contributed by atoms with Crippen molar-refractivity contribution in [3.05, 3.63) is 120 Å². The van der Waals surface area contributed by atoms with Gasteiger partial charge in [-0.25, -0.2) is 4.98 Å². The lowest BCUT2D eigenvalue weighted by Gasteiger charge is -2.37. The van der Waals surface area contributed by atoms with E-state index in [1.54, 1.807) is 0 Å². The molecular weight excluding hydrogens is 452 g/mol. The van der Waals surface area contributed by atoms with Crippen LogP contribution in [0.3, 0.4) is 0 Å². The molecule has 1 saturated heterocycles. The second kappa shape index (κ2) is 11.4. The van der Waals surface area contributed by atoms with E-state index in [4.69, 9.17) is 0 Å². The number of hydrogen-bond donors (Lipinski definition) is 0. The highest BCUT2D eigenvalue weighted by Gasteiger charge is 2.29. The first-order valence-corrected chi connectivity index (χ1v) is 14.0. The molecule has 1 aromatic heterocycles. The number of anilines is 1. The van der Waals surface area contributed by atoms with Crippen molar-refractivity contribution in [1.29, 1.82) is 0 Å². The summed E-state index contributed by atoms with van der Waals surface area (Å²) in [6, 6.07) is 29.3. The normalized spacial score (nSPS) is 16.4. The number of likely N-dealkylation sites (tertiary alicyclic amines) is 1. The van der Waals surface area contributed by atoms with E-state index in [0.29, 0.717) is 11.8 Å². The third-order valence-electron chi connectivity index (χ3n) is 8.38. The van der Waals surface area contributed by atoms with E-state index in [0.717, 1.165) is 19.6 Å². The Bertz CT molecular complexity index is 1200. The summed E-state index contributed by atoms with van der Waals surface area (Å²) in [4.78, 5) is 9.47. The molecule has 3 aromatic carbocycles. The summed E-state index contributed by atoms with van der Waals surface area (Å²) in [5.41, 5.74) is 7.25. The van der Waals surface area contributed by atoms with E-state index in [2.05, 4.69) is 98.2 Å². The Balaban J connectivity index is 1.01. The number of imidazole rings is 1. The molecule has 3 heterocycles. The number of hydrogen-bond acceptors (Lipinski definition) is 3. The maximum absolute atomic E-state index is 4.17. The molecule has 37 heavy (non-hydrogen) atoms. The molecule has 0 unspecified atom stereocenters. The average molecular weight is 491 g/mol. The van der Waals surface area contributed by atoms with Gasteiger partial charge in [0.1, 0.15) is 0 Å². The molecule has 2 aliphatic rings. The van der Waals surface area contributed by atoms with Gasteiger partial charge in [-0.15, -0.1) is 0 Å². The number of aromatic nitrogens is 2. The van der Waals surface area contributed by atoms with E-state index in [9.17, 15) is 0 Å². The first kappa shape index (κ1) is 24.0. The summed E-state index contributed by atoms with van der Waals surface area (Å²) >= 11 is 0. The zero-order valence-electron chi connectivity index (χ0n) is 21.8. The number of rotatable bonds is 9. The summed E-state index contributed by atoms with van der Waals surface area (Å²) in [5.74, 6) is 1.22. The second-order valence-corrected chi connectivity index (χ2v) is 10.8. The van der Waals surface area contributed by atoms with E-state index < -0.39 is 0 Å². The van der Waals surface area contributed by atoms with Crippen molar-refractivity contribution in [3.63, 3.8) is 0 Å². The van der Waals surface area contributed by atoms with Crippen LogP contribution < -0.4 is 4.90 Å². The standard InChI is InChI=1S/C33H38N4/c1-3-8-28(9-4-1)33(29-10-5-2-6-11-29)30-14-20-35(21-15-30)18-7-19-37-22-16-31-24-27(12-13-32(31)37)25-36-23-17-34-26-36/h1-6,8-13,17,23-24,26,30,33H,7,14-16,18-22,25H2. The van der Waals surface area contributed by atoms with Crippen LogP contribution in [0.4, 0.5) is 5.69 Å². The fourth-order valence-corrected chi connectivity index (χ4v) is 6.50. The van der Waals surface area contributed by atoms with E-state index in [1.807, 2.05) is 18.7 Å². The Morgan fingerprint density at radius 3 is 2.22 bits per heavy atom. The molecule has 0 N–H and O–H groups in total. The van der Waals surface area contributed by atoms with Gasteiger partial charge >= 0.3 is 0 Å². The molecule has 0 saturated carbocycles. The molecule has 4 aromatic rings. The number of fused-ring (bicyclic) bond motifs is 1. The van der Waals surface area contributed by atoms with E-state index >= 15 is 0 Å². The minimum Gasteiger partial charge on any atom is -0.371 e. The van der Waals surface area contributed by atoms with Crippen LogP contribution in [-0.2, 0) is 13.0 Å². The molecule has 0 bridgehead atoms. The highest BCUT2D eigenvalue weighted by atomic mass is 15.2. The molecule has 4 heteroatoms. The van der Waals surface area contributed by atoms with Crippen molar-refractivity contribution >= 4 is 5.69 Å². The Morgan fingerprint density at radius 1 is 0.811 bits per heavy atom. The van der Waals surface area contributed by atoms with Gasteiger partial charge in [0.05, 0.1) is 6.33 Å². The van der Waals surface area contributed by atoms with Crippen LogP contribution in [0.25, 0.3) is 0 Å². The zero-order chi connectivity index (χ0) is 24.9. The van der Waals surface area contributed by atoms with Crippen molar-refractivity contribution in [2.45, 2.75) is 38.1 Å². The van der Waals surface area contributed by atoms with Crippen LogP contribution >= 0.6 is 0 Å². The first-order valence-electron chi connectivity index (χ1n) is 14.0. The molecule has 0 amide bonds. The predicted octanol–water partition coefficient (Wildman–Crippen LogP) is 6.23. The van der Waals surface area contributed by atoms with Crippen molar-refractivity contribution in [3.8, 4) is 0 Å². The summed E-state index contributed by atoms with van der Waals surface area (Å²) in [6.45, 7) is 6.85. The summed E-state index contributed by atoms with van der Waals surface area (Å²) < 4.78 is 2.14. The third kappa shape index (κ3) is 5.65.